The second-order valence-electron chi connectivity index (χ2n) is 5.46. The molecule has 0 aliphatic heterocycles. The Bertz CT molecular complexity index is 532. The van der Waals surface area contributed by atoms with Gasteiger partial charge in [0.2, 0.25) is 5.91 Å². The zero-order chi connectivity index (χ0) is 15.3. The van der Waals surface area contributed by atoms with Crippen molar-refractivity contribution in [3.05, 3.63) is 29.3 Å². The number of halogens is 1. The summed E-state index contributed by atoms with van der Waals surface area (Å²) in [7, 11) is 0. The molecule has 1 unspecified atom stereocenters. The third kappa shape index (κ3) is 4.39. The number of nitriles is 1. The van der Waals surface area contributed by atoms with Gasteiger partial charge in [-0.2, -0.15) is 5.26 Å². The van der Waals surface area contributed by atoms with Gasteiger partial charge in [-0.15, -0.1) is 11.8 Å². The Morgan fingerprint density at radius 1 is 1.33 bits per heavy atom. The Kier molecular flexibility index (Phi) is 5.55. The summed E-state index contributed by atoms with van der Waals surface area (Å²) in [5, 5.41) is 12.8. The quantitative estimate of drug-likeness (QED) is 0.847. The van der Waals surface area contributed by atoms with Gasteiger partial charge in [0.1, 0.15) is 5.54 Å². The summed E-state index contributed by atoms with van der Waals surface area (Å²) in [6, 6.07) is 9.74. The van der Waals surface area contributed by atoms with Crippen molar-refractivity contribution in [3.8, 4) is 6.07 Å². The minimum Gasteiger partial charge on any atom is -0.337 e. The van der Waals surface area contributed by atoms with Crippen LogP contribution in [0.1, 0.15) is 39.0 Å². The molecule has 2 rings (SSSR count). The molecule has 1 aromatic carbocycles. The average Bonchev–Trinajstić information content (AvgIpc) is 2.50. The number of hydrogen-bond acceptors (Lipinski definition) is 3. The Morgan fingerprint density at radius 2 is 1.95 bits per heavy atom. The number of rotatable bonds is 4. The number of benzene rings is 1. The predicted octanol–water partition coefficient (Wildman–Crippen LogP) is 4.16. The van der Waals surface area contributed by atoms with E-state index in [0.717, 1.165) is 37.0 Å². The van der Waals surface area contributed by atoms with E-state index in [1.54, 1.807) is 0 Å². The monoisotopic (exact) mass is 322 g/mol. The molecule has 1 aliphatic carbocycles. The molecule has 0 saturated heterocycles. The van der Waals surface area contributed by atoms with E-state index in [0.29, 0.717) is 5.02 Å². The molecule has 3 nitrogen and oxygen atoms in total. The van der Waals surface area contributed by atoms with E-state index in [2.05, 4.69) is 11.4 Å². The predicted molar refractivity (Wildman–Crippen MR) is 86.3 cm³/mol. The molecule has 0 bridgehead atoms. The molecule has 0 heterocycles. The van der Waals surface area contributed by atoms with E-state index < -0.39 is 5.54 Å². The van der Waals surface area contributed by atoms with Crippen LogP contribution in [0.15, 0.2) is 29.2 Å². The molecular weight excluding hydrogens is 304 g/mol. The Labute approximate surface area is 135 Å². The van der Waals surface area contributed by atoms with Crippen molar-refractivity contribution in [3.63, 3.8) is 0 Å². The van der Waals surface area contributed by atoms with Crippen LogP contribution in [0, 0.1) is 11.3 Å². The van der Waals surface area contributed by atoms with E-state index in [1.165, 1.54) is 11.8 Å². The standard InChI is InChI=1S/C16H19ClN2OS/c1-12(21-14-7-5-13(17)6-8-14)15(20)19-16(11-18)9-3-2-4-10-16/h5-8,12H,2-4,9-10H2,1H3,(H,19,20). The highest BCUT2D eigenvalue weighted by Gasteiger charge is 2.34. The van der Waals surface area contributed by atoms with Crippen molar-refractivity contribution >= 4 is 29.3 Å². The van der Waals surface area contributed by atoms with Crippen LogP contribution in [0.5, 0.6) is 0 Å². The fourth-order valence-corrected chi connectivity index (χ4v) is 3.52. The van der Waals surface area contributed by atoms with Crippen LogP contribution in [0.3, 0.4) is 0 Å². The zero-order valence-corrected chi connectivity index (χ0v) is 13.6. The van der Waals surface area contributed by atoms with Crippen LogP contribution in [0.25, 0.3) is 0 Å². The van der Waals surface area contributed by atoms with Crippen LogP contribution >= 0.6 is 23.4 Å². The highest BCUT2D eigenvalue weighted by molar-refractivity contribution is 8.00. The molecule has 1 atom stereocenters. The molecule has 1 N–H and O–H groups in total. The van der Waals surface area contributed by atoms with Gasteiger partial charge in [0.05, 0.1) is 11.3 Å². The van der Waals surface area contributed by atoms with E-state index >= 15 is 0 Å². The number of carbonyl (C=O) groups is 1. The third-order valence-corrected chi connectivity index (χ3v) is 5.14. The molecule has 0 aromatic heterocycles. The molecule has 5 heteroatoms. The van der Waals surface area contributed by atoms with Crippen molar-refractivity contribution in [1.82, 2.24) is 5.32 Å². The maximum Gasteiger partial charge on any atom is 0.234 e. The number of nitrogens with one attached hydrogen (secondary N) is 1. The molecule has 1 aromatic rings. The van der Waals surface area contributed by atoms with Crippen LogP contribution in [-0.4, -0.2) is 16.7 Å². The normalized spacial score (nSPS) is 18.5. The minimum atomic E-state index is -0.663. The highest BCUT2D eigenvalue weighted by Crippen LogP contribution is 2.29. The van der Waals surface area contributed by atoms with Gasteiger partial charge < -0.3 is 5.32 Å². The molecule has 0 radical (unpaired) electrons. The molecule has 1 amide bonds. The first-order valence-corrected chi connectivity index (χ1v) is 8.46. The maximum atomic E-state index is 12.3. The Morgan fingerprint density at radius 3 is 2.52 bits per heavy atom. The van der Waals surface area contributed by atoms with E-state index in [4.69, 9.17) is 11.6 Å². The van der Waals surface area contributed by atoms with E-state index in [-0.39, 0.29) is 11.2 Å². The summed E-state index contributed by atoms with van der Waals surface area (Å²) >= 11 is 7.33. The molecular formula is C16H19ClN2OS. The first-order chi connectivity index (χ1) is 10.0. The van der Waals surface area contributed by atoms with Gasteiger partial charge in [0.15, 0.2) is 0 Å². The average molecular weight is 323 g/mol. The molecule has 1 saturated carbocycles. The Hall–Kier alpha value is -1.18. The number of carbonyl (C=O) groups excluding carboxylic acids is 1. The van der Waals surface area contributed by atoms with Gasteiger partial charge in [-0.25, -0.2) is 0 Å². The second kappa shape index (κ2) is 7.20. The SMILES string of the molecule is CC(Sc1ccc(Cl)cc1)C(=O)NC1(C#N)CCCCC1. The van der Waals surface area contributed by atoms with Crippen LogP contribution < -0.4 is 5.32 Å². The number of amides is 1. The summed E-state index contributed by atoms with van der Waals surface area (Å²) in [6.07, 6.45) is 4.68. The summed E-state index contributed by atoms with van der Waals surface area (Å²) < 4.78 is 0. The van der Waals surface area contributed by atoms with Crippen molar-refractivity contribution in [2.24, 2.45) is 0 Å². The van der Waals surface area contributed by atoms with Gasteiger partial charge in [-0.1, -0.05) is 30.9 Å². The summed E-state index contributed by atoms with van der Waals surface area (Å²) in [5.41, 5.74) is -0.663. The second-order valence-corrected chi connectivity index (χ2v) is 7.31. The molecule has 112 valence electrons. The molecule has 21 heavy (non-hydrogen) atoms. The Balaban J connectivity index is 1.95. The minimum absolute atomic E-state index is 0.0709. The first-order valence-electron chi connectivity index (χ1n) is 7.20. The van der Waals surface area contributed by atoms with Crippen LogP contribution in [-0.2, 0) is 4.79 Å². The van der Waals surface area contributed by atoms with Crippen molar-refractivity contribution in [1.29, 1.82) is 5.26 Å². The van der Waals surface area contributed by atoms with Gasteiger partial charge in [0.25, 0.3) is 0 Å². The van der Waals surface area contributed by atoms with Crippen LogP contribution in [0.4, 0.5) is 0 Å². The largest absolute Gasteiger partial charge is 0.337 e. The van der Waals surface area contributed by atoms with E-state index in [1.807, 2.05) is 31.2 Å². The lowest BCUT2D eigenvalue weighted by Gasteiger charge is -2.32. The lowest BCUT2D eigenvalue weighted by molar-refractivity contribution is -0.121. The molecule has 1 fully saturated rings. The van der Waals surface area contributed by atoms with Crippen molar-refractivity contribution in [2.75, 3.05) is 0 Å². The summed E-state index contributed by atoms with van der Waals surface area (Å²) in [6.45, 7) is 1.86. The lowest BCUT2D eigenvalue weighted by Crippen LogP contribution is -2.50. The maximum absolute atomic E-state index is 12.3. The third-order valence-electron chi connectivity index (χ3n) is 3.78. The molecule has 1 aliphatic rings. The number of thioether (sulfide) groups is 1. The van der Waals surface area contributed by atoms with Gasteiger partial charge in [-0.05, 0) is 44.0 Å². The lowest BCUT2D eigenvalue weighted by atomic mass is 9.83. The first kappa shape index (κ1) is 16.2. The highest BCUT2D eigenvalue weighted by atomic mass is 35.5. The smallest absolute Gasteiger partial charge is 0.234 e. The number of hydrogen-bond donors (Lipinski definition) is 1. The zero-order valence-electron chi connectivity index (χ0n) is 12.1. The van der Waals surface area contributed by atoms with Crippen LogP contribution in [0.2, 0.25) is 5.02 Å². The van der Waals surface area contributed by atoms with Gasteiger partial charge in [0, 0.05) is 9.92 Å². The van der Waals surface area contributed by atoms with Crippen molar-refractivity contribution in [2.45, 2.75) is 54.7 Å². The van der Waals surface area contributed by atoms with Crippen molar-refractivity contribution < 1.29 is 4.79 Å². The summed E-state index contributed by atoms with van der Waals surface area (Å²) in [5.74, 6) is -0.0709. The molecule has 0 spiro atoms. The van der Waals surface area contributed by atoms with E-state index in [9.17, 15) is 10.1 Å². The van der Waals surface area contributed by atoms with Gasteiger partial charge >= 0.3 is 0 Å². The summed E-state index contributed by atoms with van der Waals surface area (Å²) in [4.78, 5) is 13.3. The van der Waals surface area contributed by atoms with Gasteiger partial charge in [-0.3, -0.25) is 4.79 Å². The fourth-order valence-electron chi connectivity index (χ4n) is 2.53. The fraction of sp³-hybridized carbons (Fsp3) is 0.500. The number of nitrogens with zero attached hydrogens (tertiary/aromatic N) is 1. The topological polar surface area (TPSA) is 52.9 Å².